The van der Waals surface area contributed by atoms with Gasteiger partial charge in [-0.1, -0.05) is 17.7 Å². The number of nitrogens with zero attached hydrogens (tertiary/aromatic N) is 1. The van der Waals surface area contributed by atoms with Gasteiger partial charge in [0.15, 0.2) is 0 Å². The molecule has 1 saturated heterocycles. The lowest BCUT2D eigenvalue weighted by Gasteiger charge is -2.34. The summed E-state index contributed by atoms with van der Waals surface area (Å²) in [5.41, 5.74) is 1.69. The highest BCUT2D eigenvalue weighted by atomic mass is 35.5. The molecular weight excluding hydrogens is 271 g/mol. The molecule has 1 aliphatic rings. The van der Waals surface area contributed by atoms with Crippen molar-refractivity contribution in [2.24, 2.45) is 0 Å². The molecule has 0 radical (unpaired) electrons. The fraction of sp³-hybridized carbons (Fsp3) is 0.462. The van der Waals surface area contributed by atoms with Crippen molar-refractivity contribution in [2.45, 2.75) is 19.9 Å². The Hall–Kier alpha value is -0.770. The van der Waals surface area contributed by atoms with Crippen LogP contribution in [0.15, 0.2) is 18.2 Å². The van der Waals surface area contributed by atoms with Crippen LogP contribution in [0, 0.1) is 6.92 Å². The number of carbonyl (C=O) groups excluding carboxylic acids is 1. The zero-order valence-electron chi connectivity index (χ0n) is 10.6. The Morgan fingerprint density at radius 1 is 1.50 bits per heavy atom. The fourth-order valence-corrected chi connectivity index (χ4v) is 2.29. The van der Waals surface area contributed by atoms with E-state index >= 15 is 0 Å². The average Bonchev–Trinajstić information content (AvgIpc) is 2.32. The van der Waals surface area contributed by atoms with Crippen molar-refractivity contribution in [3.8, 4) is 0 Å². The Kier molecular flexibility index (Phi) is 5.45. The van der Waals surface area contributed by atoms with Crippen LogP contribution in [0.2, 0.25) is 5.02 Å². The molecule has 1 fully saturated rings. The second kappa shape index (κ2) is 6.41. The Bertz CT molecular complexity index is 437. The van der Waals surface area contributed by atoms with Crippen molar-refractivity contribution in [1.82, 2.24) is 10.2 Å². The van der Waals surface area contributed by atoms with Crippen LogP contribution in [0.3, 0.4) is 0 Å². The van der Waals surface area contributed by atoms with E-state index in [0.717, 1.165) is 25.2 Å². The van der Waals surface area contributed by atoms with Crippen LogP contribution in [-0.4, -0.2) is 36.5 Å². The first-order valence-corrected chi connectivity index (χ1v) is 6.25. The Morgan fingerprint density at radius 2 is 2.22 bits per heavy atom. The van der Waals surface area contributed by atoms with E-state index in [9.17, 15) is 4.79 Å². The highest BCUT2D eigenvalue weighted by molar-refractivity contribution is 6.31. The summed E-state index contributed by atoms with van der Waals surface area (Å²) in [5.74, 6) is 0.0824. The lowest BCUT2D eigenvalue weighted by Crippen LogP contribution is -2.52. The second-order valence-electron chi connectivity index (χ2n) is 4.51. The zero-order valence-corrected chi connectivity index (χ0v) is 12.1. The van der Waals surface area contributed by atoms with Gasteiger partial charge < -0.3 is 10.2 Å². The molecule has 2 rings (SSSR count). The van der Waals surface area contributed by atoms with E-state index in [0.29, 0.717) is 10.6 Å². The average molecular weight is 289 g/mol. The molecule has 0 spiro atoms. The second-order valence-corrected chi connectivity index (χ2v) is 4.95. The van der Waals surface area contributed by atoms with Crippen LogP contribution in [0.4, 0.5) is 0 Å². The number of nitrogens with one attached hydrogen (secondary N) is 1. The van der Waals surface area contributed by atoms with E-state index in [1.807, 2.05) is 24.0 Å². The topological polar surface area (TPSA) is 32.3 Å². The largest absolute Gasteiger partial charge is 0.333 e. The third-order valence-electron chi connectivity index (χ3n) is 3.19. The lowest BCUT2D eigenvalue weighted by atomic mass is 10.1. The summed E-state index contributed by atoms with van der Waals surface area (Å²) in [4.78, 5) is 14.3. The van der Waals surface area contributed by atoms with Crippen molar-refractivity contribution in [3.63, 3.8) is 0 Å². The molecule has 1 aromatic rings. The normalized spacial score (nSPS) is 19.3. The van der Waals surface area contributed by atoms with E-state index in [4.69, 9.17) is 11.6 Å². The lowest BCUT2D eigenvalue weighted by molar-refractivity contribution is 0.0655. The summed E-state index contributed by atoms with van der Waals surface area (Å²) in [6, 6.07) is 5.69. The number of amides is 1. The standard InChI is InChI=1S/C13H17ClN2O.ClH/c1-9-3-4-11(14)7-12(9)13(17)16-6-5-15-8-10(16)2;/h3-4,7,10,15H,5-6,8H2,1-2H3;1H/t10-;/m1./s1. The van der Waals surface area contributed by atoms with Gasteiger partial charge in [-0.25, -0.2) is 0 Å². The van der Waals surface area contributed by atoms with Crippen molar-refractivity contribution in [2.75, 3.05) is 19.6 Å². The molecule has 1 amide bonds. The van der Waals surface area contributed by atoms with Gasteiger partial charge in [0.25, 0.3) is 5.91 Å². The minimum Gasteiger partial charge on any atom is -0.333 e. The van der Waals surface area contributed by atoms with Crippen LogP contribution in [0.1, 0.15) is 22.8 Å². The molecule has 5 heteroatoms. The molecule has 0 aliphatic carbocycles. The van der Waals surface area contributed by atoms with Crippen LogP contribution < -0.4 is 5.32 Å². The highest BCUT2D eigenvalue weighted by Crippen LogP contribution is 2.18. The summed E-state index contributed by atoms with van der Waals surface area (Å²) in [7, 11) is 0. The summed E-state index contributed by atoms with van der Waals surface area (Å²) in [6.07, 6.45) is 0. The zero-order chi connectivity index (χ0) is 12.4. The first-order chi connectivity index (χ1) is 8.09. The number of aryl methyl sites for hydroxylation is 1. The van der Waals surface area contributed by atoms with E-state index in [1.54, 1.807) is 6.07 Å². The quantitative estimate of drug-likeness (QED) is 0.861. The number of hydrogen-bond donors (Lipinski definition) is 1. The summed E-state index contributed by atoms with van der Waals surface area (Å²) < 4.78 is 0. The monoisotopic (exact) mass is 288 g/mol. The van der Waals surface area contributed by atoms with E-state index < -0.39 is 0 Å². The minimum absolute atomic E-state index is 0. The number of rotatable bonds is 1. The van der Waals surface area contributed by atoms with E-state index in [1.165, 1.54) is 0 Å². The molecule has 0 unspecified atom stereocenters. The molecule has 0 aromatic heterocycles. The van der Waals surface area contributed by atoms with Crippen molar-refractivity contribution in [3.05, 3.63) is 34.3 Å². The van der Waals surface area contributed by atoms with E-state index in [-0.39, 0.29) is 24.4 Å². The van der Waals surface area contributed by atoms with Gasteiger partial charge in [0.1, 0.15) is 0 Å². The Labute approximate surface area is 119 Å². The molecule has 1 aromatic carbocycles. The van der Waals surface area contributed by atoms with Gasteiger partial charge >= 0.3 is 0 Å². The molecule has 100 valence electrons. The van der Waals surface area contributed by atoms with Crippen LogP contribution >= 0.6 is 24.0 Å². The first-order valence-electron chi connectivity index (χ1n) is 5.87. The molecule has 1 atom stereocenters. The van der Waals surface area contributed by atoms with Gasteiger partial charge in [-0.2, -0.15) is 0 Å². The predicted molar refractivity (Wildman–Crippen MR) is 76.8 cm³/mol. The third kappa shape index (κ3) is 3.16. The van der Waals surface area contributed by atoms with Crippen molar-refractivity contribution < 1.29 is 4.79 Å². The first kappa shape index (κ1) is 15.3. The molecular formula is C13H18Cl2N2O. The smallest absolute Gasteiger partial charge is 0.254 e. The van der Waals surface area contributed by atoms with Crippen molar-refractivity contribution >= 4 is 29.9 Å². The SMILES string of the molecule is Cc1ccc(Cl)cc1C(=O)N1CCNC[C@H]1C.Cl. The molecule has 1 N–H and O–H groups in total. The number of carbonyl (C=O) groups is 1. The Morgan fingerprint density at radius 3 is 2.89 bits per heavy atom. The van der Waals surface area contributed by atoms with Gasteiger partial charge in [-0.15, -0.1) is 12.4 Å². The molecule has 18 heavy (non-hydrogen) atoms. The number of benzene rings is 1. The van der Waals surface area contributed by atoms with Crippen LogP contribution in [0.25, 0.3) is 0 Å². The third-order valence-corrected chi connectivity index (χ3v) is 3.43. The maximum atomic E-state index is 12.4. The van der Waals surface area contributed by atoms with Gasteiger partial charge in [-0.3, -0.25) is 4.79 Å². The number of piperazine rings is 1. The maximum absolute atomic E-state index is 12.4. The van der Waals surface area contributed by atoms with Crippen molar-refractivity contribution in [1.29, 1.82) is 0 Å². The van der Waals surface area contributed by atoms with Gasteiger partial charge in [0.2, 0.25) is 0 Å². The molecule has 0 bridgehead atoms. The minimum atomic E-state index is 0. The number of halogens is 2. The van der Waals surface area contributed by atoms with Gasteiger partial charge in [0, 0.05) is 36.3 Å². The summed E-state index contributed by atoms with van der Waals surface area (Å²) >= 11 is 5.95. The summed E-state index contributed by atoms with van der Waals surface area (Å²) in [6.45, 7) is 6.47. The summed E-state index contributed by atoms with van der Waals surface area (Å²) in [5, 5.41) is 3.89. The number of hydrogen-bond acceptors (Lipinski definition) is 2. The fourth-order valence-electron chi connectivity index (χ4n) is 2.12. The van der Waals surface area contributed by atoms with Crippen LogP contribution in [0.5, 0.6) is 0 Å². The maximum Gasteiger partial charge on any atom is 0.254 e. The van der Waals surface area contributed by atoms with Gasteiger partial charge in [0.05, 0.1) is 0 Å². The van der Waals surface area contributed by atoms with E-state index in [2.05, 4.69) is 12.2 Å². The Balaban J connectivity index is 0.00000162. The molecule has 1 heterocycles. The van der Waals surface area contributed by atoms with Gasteiger partial charge in [-0.05, 0) is 31.5 Å². The predicted octanol–water partition coefficient (Wildman–Crippen LogP) is 2.50. The molecule has 0 saturated carbocycles. The van der Waals surface area contributed by atoms with Crippen LogP contribution in [-0.2, 0) is 0 Å². The molecule has 3 nitrogen and oxygen atoms in total. The highest BCUT2D eigenvalue weighted by Gasteiger charge is 2.24. The molecule has 1 aliphatic heterocycles.